The van der Waals surface area contributed by atoms with E-state index in [1.54, 1.807) is 27.7 Å². The molecule has 0 unspecified atom stereocenters. The Labute approximate surface area is 81.1 Å². The summed E-state index contributed by atoms with van der Waals surface area (Å²) >= 11 is 0. The number of rotatable bonds is 0. The molecule has 0 saturated heterocycles. The molecular formula is C6H17NaO2. The van der Waals surface area contributed by atoms with Crippen molar-refractivity contribution in [1.29, 1.82) is 0 Å². The summed E-state index contributed by atoms with van der Waals surface area (Å²) in [6, 6.07) is 0. The summed E-state index contributed by atoms with van der Waals surface area (Å²) in [6.45, 7) is 6.89. The van der Waals surface area contributed by atoms with E-state index in [-0.39, 0.29) is 43.2 Å². The van der Waals surface area contributed by atoms with E-state index in [9.17, 15) is 0 Å². The first-order valence-electron chi connectivity index (χ1n) is 2.83. The van der Waals surface area contributed by atoms with Gasteiger partial charge in [-0.05, 0) is 27.7 Å². The van der Waals surface area contributed by atoms with Crippen molar-refractivity contribution in [2.24, 2.45) is 0 Å². The minimum atomic E-state index is -0.167. The molecule has 0 radical (unpaired) electrons. The molecule has 0 fully saturated rings. The summed E-state index contributed by atoms with van der Waals surface area (Å²) in [5, 5.41) is 16.1. The van der Waals surface area contributed by atoms with E-state index in [1.807, 2.05) is 0 Å². The summed E-state index contributed by atoms with van der Waals surface area (Å²) in [6.07, 6.45) is -0.333. The second-order valence-corrected chi connectivity index (χ2v) is 2.19. The summed E-state index contributed by atoms with van der Waals surface area (Å²) in [7, 11) is 0. The van der Waals surface area contributed by atoms with Crippen molar-refractivity contribution in [3.63, 3.8) is 0 Å². The van der Waals surface area contributed by atoms with Gasteiger partial charge in [-0.15, -0.1) is 0 Å². The largest absolute Gasteiger partial charge is 1.00 e. The van der Waals surface area contributed by atoms with Gasteiger partial charge in [0.05, 0.1) is 0 Å². The number of hydrogen-bond acceptors (Lipinski definition) is 2. The fraction of sp³-hybridized carbons (Fsp3) is 1.00. The Bertz CT molecular complexity index is 31.2. The summed E-state index contributed by atoms with van der Waals surface area (Å²) in [4.78, 5) is 0. The van der Waals surface area contributed by atoms with E-state index >= 15 is 0 Å². The van der Waals surface area contributed by atoms with Gasteiger partial charge in [0.1, 0.15) is 0 Å². The molecule has 0 aliphatic rings. The summed E-state index contributed by atoms with van der Waals surface area (Å²) in [5.74, 6) is 0. The van der Waals surface area contributed by atoms with Gasteiger partial charge in [-0.25, -0.2) is 0 Å². The van der Waals surface area contributed by atoms with Gasteiger partial charge in [0.15, 0.2) is 0 Å². The first kappa shape index (κ1) is 16.5. The Kier molecular flexibility index (Phi) is 21.4. The smallest absolute Gasteiger partial charge is 1.00 e. The molecule has 0 saturated carbocycles. The monoisotopic (exact) mass is 144 g/mol. The van der Waals surface area contributed by atoms with Crippen LogP contribution in [0.5, 0.6) is 0 Å². The van der Waals surface area contributed by atoms with E-state index in [1.165, 1.54) is 0 Å². The standard InChI is InChI=1S/2C3H8O.Na.H/c2*1-3(2)4;;/h2*3-4H,1-2H3;;/q;;+1;-1. The van der Waals surface area contributed by atoms with Crippen LogP contribution in [0.4, 0.5) is 0 Å². The predicted molar refractivity (Wildman–Crippen MR) is 35.8 cm³/mol. The topological polar surface area (TPSA) is 40.5 Å². The van der Waals surface area contributed by atoms with Gasteiger partial charge in [-0.1, -0.05) is 0 Å². The fourth-order valence-corrected chi connectivity index (χ4v) is 0. The molecule has 0 amide bonds. The zero-order chi connectivity index (χ0) is 7.15. The molecule has 0 aliphatic heterocycles. The Morgan fingerprint density at radius 3 is 0.889 bits per heavy atom. The van der Waals surface area contributed by atoms with Crippen LogP contribution in [0.1, 0.15) is 29.1 Å². The van der Waals surface area contributed by atoms with Gasteiger partial charge >= 0.3 is 29.6 Å². The Morgan fingerprint density at radius 1 is 0.889 bits per heavy atom. The molecule has 0 aliphatic carbocycles. The van der Waals surface area contributed by atoms with Crippen molar-refractivity contribution in [2.45, 2.75) is 39.9 Å². The summed E-state index contributed by atoms with van der Waals surface area (Å²) in [5.41, 5.74) is 0. The third-order valence-corrected chi connectivity index (χ3v) is 0. The first-order chi connectivity index (χ1) is 3.46. The normalized spacial score (nSPS) is 8.00. The second-order valence-electron chi connectivity index (χ2n) is 2.19. The average molecular weight is 144 g/mol. The van der Waals surface area contributed by atoms with Gasteiger partial charge in [0.25, 0.3) is 0 Å². The molecule has 54 valence electrons. The maximum atomic E-state index is 8.06. The van der Waals surface area contributed by atoms with Crippen molar-refractivity contribution in [1.82, 2.24) is 0 Å². The molecule has 2 nitrogen and oxygen atoms in total. The van der Waals surface area contributed by atoms with Crippen LogP contribution in [0, 0.1) is 0 Å². The van der Waals surface area contributed by atoms with Gasteiger partial charge in [0, 0.05) is 12.2 Å². The molecule has 0 aromatic heterocycles. The first-order valence-corrected chi connectivity index (χ1v) is 2.83. The molecule has 0 heterocycles. The number of hydrogen-bond donors (Lipinski definition) is 2. The average Bonchev–Trinajstić information content (AvgIpc) is 1.25. The van der Waals surface area contributed by atoms with Crippen molar-refractivity contribution in [2.75, 3.05) is 0 Å². The van der Waals surface area contributed by atoms with Crippen molar-refractivity contribution in [3.8, 4) is 0 Å². The maximum absolute atomic E-state index is 8.06. The Hall–Kier alpha value is 0.920. The molecule has 0 aromatic carbocycles. The molecule has 0 bridgehead atoms. The van der Waals surface area contributed by atoms with E-state index in [0.29, 0.717) is 0 Å². The van der Waals surface area contributed by atoms with E-state index in [0.717, 1.165) is 0 Å². The third kappa shape index (κ3) is 505. The number of aliphatic hydroxyl groups excluding tert-OH is 2. The molecular weight excluding hydrogens is 127 g/mol. The van der Waals surface area contributed by atoms with Crippen LogP contribution in [0.15, 0.2) is 0 Å². The zero-order valence-corrected chi connectivity index (χ0v) is 9.05. The second kappa shape index (κ2) is 11.7. The van der Waals surface area contributed by atoms with Crippen LogP contribution in [0.3, 0.4) is 0 Å². The molecule has 3 heteroatoms. The van der Waals surface area contributed by atoms with Crippen molar-refractivity contribution in [3.05, 3.63) is 0 Å². The Balaban J connectivity index is -0.0000000300. The minimum absolute atomic E-state index is 0. The summed E-state index contributed by atoms with van der Waals surface area (Å²) < 4.78 is 0. The molecule has 9 heavy (non-hydrogen) atoms. The quantitative estimate of drug-likeness (QED) is 0.382. The molecule has 0 rings (SSSR count). The third-order valence-electron chi connectivity index (χ3n) is 0. The van der Waals surface area contributed by atoms with E-state index < -0.39 is 0 Å². The zero-order valence-electron chi connectivity index (χ0n) is 8.05. The maximum Gasteiger partial charge on any atom is 1.00 e. The van der Waals surface area contributed by atoms with Crippen LogP contribution >= 0.6 is 0 Å². The SMILES string of the molecule is CC(C)O.CC(C)O.[H-].[Na+]. The van der Waals surface area contributed by atoms with E-state index in [2.05, 4.69) is 0 Å². The molecule has 0 aromatic rings. The minimum Gasteiger partial charge on any atom is -1.00 e. The number of aliphatic hydroxyl groups is 2. The molecule has 0 spiro atoms. The van der Waals surface area contributed by atoms with Crippen molar-refractivity contribution < 1.29 is 41.2 Å². The van der Waals surface area contributed by atoms with Crippen LogP contribution in [-0.2, 0) is 0 Å². The Morgan fingerprint density at radius 2 is 0.889 bits per heavy atom. The molecule has 0 atom stereocenters. The van der Waals surface area contributed by atoms with Crippen LogP contribution < -0.4 is 29.6 Å². The van der Waals surface area contributed by atoms with Crippen LogP contribution in [0.2, 0.25) is 0 Å². The molecule has 2 N–H and O–H groups in total. The van der Waals surface area contributed by atoms with Gasteiger partial charge in [0.2, 0.25) is 0 Å². The predicted octanol–water partition coefficient (Wildman–Crippen LogP) is -2.11. The van der Waals surface area contributed by atoms with Crippen LogP contribution in [-0.4, -0.2) is 22.4 Å². The van der Waals surface area contributed by atoms with Crippen LogP contribution in [0.25, 0.3) is 0 Å². The van der Waals surface area contributed by atoms with Gasteiger partial charge in [-0.3, -0.25) is 0 Å². The van der Waals surface area contributed by atoms with Crippen molar-refractivity contribution >= 4 is 0 Å². The van der Waals surface area contributed by atoms with Gasteiger partial charge in [-0.2, -0.15) is 0 Å². The fourth-order valence-electron chi connectivity index (χ4n) is 0. The van der Waals surface area contributed by atoms with E-state index in [4.69, 9.17) is 10.2 Å². The van der Waals surface area contributed by atoms with Gasteiger partial charge < -0.3 is 11.6 Å².